The summed E-state index contributed by atoms with van der Waals surface area (Å²) in [6.45, 7) is 1.90. The van der Waals surface area contributed by atoms with Crippen LogP contribution in [0.3, 0.4) is 0 Å². The lowest BCUT2D eigenvalue weighted by Crippen LogP contribution is -2.56. The molecule has 2 aromatic heterocycles. The predicted molar refractivity (Wildman–Crippen MR) is 102 cm³/mol. The number of rotatable bonds is 6. The van der Waals surface area contributed by atoms with Gasteiger partial charge in [0, 0.05) is 12.1 Å². The van der Waals surface area contributed by atoms with Crippen molar-refractivity contribution in [1.29, 1.82) is 0 Å². The third-order valence-corrected chi connectivity index (χ3v) is 5.94. The Kier molecular flexibility index (Phi) is 4.78. The second-order valence-electron chi connectivity index (χ2n) is 6.82. The van der Waals surface area contributed by atoms with E-state index in [9.17, 15) is 13.5 Å². The van der Waals surface area contributed by atoms with E-state index in [4.69, 9.17) is 10.5 Å². The Bertz CT molecular complexity index is 1140. The maximum Gasteiger partial charge on any atom is 0.240 e. The van der Waals surface area contributed by atoms with Gasteiger partial charge in [0.25, 0.3) is 0 Å². The van der Waals surface area contributed by atoms with Crippen molar-refractivity contribution in [2.45, 2.75) is 17.4 Å². The summed E-state index contributed by atoms with van der Waals surface area (Å²) in [4.78, 5) is 12.5. The molecule has 1 aromatic carbocycles. The highest BCUT2D eigenvalue weighted by Crippen LogP contribution is 2.26. The minimum atomic E-state index is -3.84. The van der Waals surface area contributed by atoms with Crippen LogP contribution < -0.4 is 10.5 Å². The number of hydrogen-bond acceptors (Lipinski definition) is 9. The van der Waals surface area contributed by atoms with Crippen molar-refractivity contribution in [3.05, 3.63) is 42.6 Å². The largest absolute Gasteiger partial charge is 0.384 e. The van der Waals surface area contributed by atoms with Crippen LogP contribution in [0, 0.1) is 6.92 Å². The summed E-state index contributed by atoms with van der Waals surface area (Å²) >= 11 is 0. The molecule has 1 aliphatic heterocycles. The van der Waals surface area contributed by atoms with Crippen LogP contribution in [0.4, 0.5) is 5.82 Å². The van der Waals surface area contributed by atoms with E-state index in [2.05, 4.69) is 24.8 Å². The number of benzene rings is 1. The van der Waals surface area contributed by atoms with Crippen molar-refractivity contribution in [1.82, 2.24) is 29.5 Å². The highest BCUT2D eigenvalue weighted by Gasteiger charge is 2.37. The number of aryl methyl sites for hydroxylation is 1. The molecule has 0 bridgehead atoms. The van der Waals surface area contributed by atoms with Gasteiger partial charge in [-0.2, -0.15) is 9.78 Å². The monoisotopic (exact) mass is 417 g/mol. The summed E-state index contributed by atoms with van der Waals surface area (Å²) in [5, 5.41) is 14.1. The van der Waals surface area contributed by atoms with Crippen LogP contribution >= 0.6 is 0 Å². The third kappa shape index (κ3) is 3.82. The summed E-state index contributed by atoms with van der Waals surface area (Å²) in [5.74, 6) is 0.455. The molecule has 0 amide bonds. The molecule has 12 heteroatoms. The molecule has 0 unspecified atom stereocenters. The van der Waals surface area contributed by atoms with Crippen molar-refractivity contribution >= 4 is 15.8 Å². The van der Waals surface area contributed by atoms with Gasteiger partial charge in [-0.3, -0.25) is 0 Å². The van der Waals surface area contributed by atoms with Crippen LogP contribution in [0.25, 0.3) is 17.1 Å². The first kappa shape index (κ1) is 19.4. The van der Waals surface area contributed by atoms with Gasteiger partial charge in [-0.15, -0.1) is 0 Å². The first-order valence-electron chi connectivity index (χ1n) is 8.66. The van der Waals surface area contributed by atoms with E-state index >= 15 is 0 Å². The van der Waals surface area contributed by atoms with Gasteiger partial charge in [0.15, 0.2) is 11.6 Å². The van der Waals surface area contributed by atoms with Gasteiger partial charge >= 0.3 is 0 Å². The van der Waals surface area contributed by atoms with Crippen LogP contribution in [-0.2, 0) is 14.8 Å². The molecule has 1 fully saturated rings. The number of sulfonamides is 1. The zero-order valence-electron chi connectivity index (χ0n) is 15.5. The Morgan fingerprint density at radius 1 is 1.38 bits per heavy atom. The molecule has 11 nitrogen and oxygen atoms in total. The topological polar surface area (TPSA) is 158 Å². The van der Waals surface area contributed by atoms with Crippen molar-refractivity contribution in [3.8, 4) is 17.1 Å². The molecule has 0 aliphatic carbocycles. The molecule has 0 radical (unpaired) electrons. The summed E-state index contributed by atoms with van der Waals surface area (Å²) < 4.78 is 34.1. The number of nitrogens with one attached hydrogen (secondary N) is 1. The maximum atomic E-state index is 12.7. The van der Waals surface area contributed by atoms with E-state index in [1.807, 2.05) is 6.92 Å². The third-order valence-electron chi connectivity index (χ3n) is 4.55. The molecule has 1 saturated heterocycles. The van der Waals surface area contributed by atoms with Gasteiger partial charge in [0.2, 0.25) is 10.0 Å². The number of aliphatic hydroxyl groups is 1. The van der Waals surface area contributed by atoms with Crippen LogP contribution in [0.1, 0.15) is 5.56 Å². The molecule has 4 rings (SSSR count). The number of nitrogens with two attached hydrogens (primary N) is 1. The molecule has 0 saturated carbocycles. The van der Waals surface area contributed by atoms with Gasteiger partial charge in [-0.1, -0.05) is 6.07 Å². The second kappa shape index (κ2) is 7.15. The van der Waals surface area contributed by atoms with E-state index in [0.29, 0.717) is 11.3 Å². The van der Waals surface area contributed by atoms with E-state index in [0.717, 1.165) is 5.56 Å². The Balaban J connectivity index is 1.68. The number of aromatic nitrogens is 5. The molecule has 0 spiro atoms. The fourth-order valence-electron chi connectivity index (χ4n) is 2.80. The van der Waals surface area contributed by atoms with Gasteiger partial charge < -0.3 is 15.6 Å². The summed E-state index contributed by atoms with van der Waals surface area (Å²) in [6, 6.07) is 4.67. The quantitative estimate of drug-likeness (QED) is 0.487. The van der Waals surface area contributed by atoms with E-state index in [1.165, 1.54) is 35.7 Å². The Labute approximate surface area is 166 Å². The second-order valence-corrected chi connectivity index (χ2v) is 8.59. The molecular formula is C17H19N7O4S. The molecule has 3 aromatic rings. The SMILES string of the molecule is Cc1ccc(S(=O)(=O)NCC2(O)COC2)cc1-c1cnc(N)c(-n2cncn2)n1. The van der Waals surface area contributed by atoms with Crippen LogP contribution in [0.15, 0.2) is 41.9 Å². The lowest BCUT2D eigenvalue weighted by molar-refractivity contribution is -0.172. The van der Waals surface area contributed by atoms with Crippen LogP contribution in [-0.4, -0.2) is 63.6 Å². The number of nitrogen functional groups attached to an aromatic ring is 1. The average Bonchev–Trinajstić information content (AvgIpc) is 3.20. The first-order chi connectivity index (χ1) is 13.8. The fourth-order valence-corrected chi connectivity index (χ4v) is 3.95. The standard InChI is InChI=1S/C17H19N7O4S/c1-11-2-3-12(29(26,27)22-6-17(25)7-28-8-17)4-13(11)14-5-20-15(18)16(23-14)24-10-19-9-21-24/h2-5,9-10,22,25H,6-8H2,1H3,(H2,18,20). The summed E-state index contributed by atoms with van der Waals surface area (Å²) in [5.41, 5.74) is 6.54. The van der Waals surface area contributed by atoms with E-state index < -0.39 is 15.6 Å². The van der Waals surface area contributed by atoms with Crippen LogP contribution in [0.5, 0.6) is 0 Å². The number of anilines is 1. The van der Waals surface area contributed by atoms with E-state index in [1.54, 1.807) is 6.07 Å². The zero-order chi connectivity index (χ0) is 20.6. The normalized spacial score (nSPS) is 15.8. The Morgan fingerprint density at radius 2 is 2.17 bits per heavy atom. The minimum Gasteiger partial charge on any atom is -0.384 e. The van der Waals surface area contributed by atoms with Gasteiger partial charge in [0.1, 0.15) is 18.3 Å². The number of ether oxygens (including phenoxy) is 1. The maximum absolute atomic E-state index is 12.7. The average molecular weight is 417 g/mol. The summed E-state index contributed by atoms with van der Waals surface area (Å²) in [6.07, 6.45) is 4.26. The van der Waals surface area contributed by atoms with Crippen molar-refractivity contribution in [3.63, 3.8) is 0 Å². The fraction of sp³-hybridized carbons (Fsp3) is 0.294. The van der Waals surface area contributed by atoms with Crippen molar-refractivity contribution in [2.24, 2.45) is 0 Å². The highest BCUT2D eigenvalue weighted by atomic mass is 32.2. The molecular weight excluding hydrogens is 398 g/mol. The first-order valence-corrected chi connectivity index (χ1v) is 10.1. The smallest absolute Gasteiger partial charge is 0.240 e. The molecule has 29 heavy (non-hydrogen) atoms. The Hall–Kier alpha value is -2.93. The van der Waals surface area contributed by atoms with Crippen molar-refractivity contribution < 1.29 is 18.3 Å². The van der Waals surface area contributed by atoms with Crippen LogP contribution in [0.2, 0.25) is 0 Å². The van der Waals surface area contributed by atoms with Gasteiger partial charge in [-0.05, 0) is 24.6 Å². The lowest BCUT2D eigenvalue weighted by atomic mass is 10.0. The van der Waals surface area contributed by atoms with E-state index in [-0.39, 0.29) is 36.3 Å². The molecule has 0 atom stereocenters. The number of nitrogens with zero attached hydrogens (tertiary/aromatic N) is 5. The molecule has 4 N–H and O–H groups in total. The zero-order valence-corrected chi connectivity index (χ0v) is 16.3. The summed E-state index contributed by atoms with van der Waals surface area (Å²) in [7, 11) is -3.84. The molecule has 1 aliphatic rings. The van der Waals surface area contributed by atoms with Crippen molar-refractivity contribution in [2.75, 3.05) is 25.5 Å². The highest BCUT2D eigenvalue weighted by molar-refractivity contribution is 7.89. The molecule has 3 heterocycles. The minimum absolute atomic E-state index is 0.0443. The predicted octanol–water partition coefficient (Wildman–Crippen LogP) is -0.345. The number of hydrogen-bond donors (Lipinski definition) is 3. The molecule has 152 valence electrons. The Morgan fingerprint density at radius 3 is 2.83 bits per heavy atom. The van der Waals surface area contributed by atoms with Gasteiger partial charge in [0.05, 0.1) is 30.0 Å². The van der Waals surface area contributed by atoms with Gasteiger partial charge in [-0.25, -0.2) is 28.1 Å². The lowest BCUT2D eigenvalue weighted by Gasteiger charge is -2.36.